The molecule has 3 aromatic rings. The van der Waals surface area contributed by atoms with Gasteiger partial charge >= 0.3 is 0 Å². The molecule has 232 valence electrons. The molecule has 1 N–H and O–H groups in total. The van der Waals surface area contributed by atoms with Crippen LogP contribution in [0.3, 0.4) is 0 Å². The summed E-state index contributed by atoms with van der Waals surface area (Å²) in [5.41, 5.74) is 1.67. The van der Waals surface area contributed by atoms with E-state index in [9.17, 15) is 18.0 Å². The minimum absolute atomic E-state index is 0.0358. The van der Waals surface area contributed by atoms with Crippen LogP contribution in [0.4, 0.5) is 5.69 Å². The van der Waals surface area contributed by atoms with Gasteiger partial charge in [-0.05, 0) is 62.6 Å². The third-order valence-corrected chi connectivity index (χ3v) is 7.94. The minimum Gasteiger partial charge on any atom is -0.497 e. The molecule has 0 aliphatic heterocycles. The number of carbonyl (C=O) groups is 2. The number of nitrogens with zero attached hydrogens (tertiary/aromatic N) is 2. The number of hydrogen-bond acceptors (Lipinski definition) is 6. The van der Waals surface area contributed by atoms with Gasteiger partial charge in [0.05, 0.1) is 26.2 Å². The Morgan fingerprint density at radius 1 is 0.860 bits per heavy atom. The van der Waals surface area contributed by atoms with Crippen molar-refractivity contribution < 1.29 is 27.5 Å². The first-order chi connectivity index (χ1) is 20.3. The number of ether oxygens (including phenoxy) is 2. The van der Waals surface area contributed by atoms with Gasteiger partial charge in [0.1, 0.15) is 17.5 Å². The minimum atomic E-state index is -3.63. The van der Waals surface area contributed by atoms with Crippen molar-refractivity contribution in [2.24, 2.45) is 0 Å². The molecule has 0 saturated heterocycles. The Bertz CT molecular complexity index is 1470. The number of rotatable bonds is 14. The summed E-state index contributed by atoms with van der Waals surface area (Å²) >= 11 is 0. The molecular formula is C33H43N3O6S. The van der Waals surface area contributed by atoms with Crippen molar-refractivity contribution in [1.82, 2.24) is 10.2 Å². The van der Waals surface area contributed by atoms with Gasteiger partial charge in [0.25, 0.3) is 0 Å². The van der Waals surface area contributed by atoms with E-state index >= 15 is 0 Å². The Kier molecular flexibility index (Phi) is 11.6. The fourth-order valence-corrected chi connectivity index (χ4v) is 5.70. The maximum atomic E-state index is 14.0. The second-order valence-electron chi connectivity index (χ2n) is 11.5. The molecule has 0 unspecified atom stereocenters. The molecule has 0 radical (unpaired) electrons. The van der Waals surface area contributed by atoms with Crippen molar-refractivity contribution in [2.75, 3.05) is 31.3 Å². The first-order valence-electron chi connectivity index (χ1n) is 14.2. The second-order valence-corrected chi connectivity index (χ2v) is 13.4. The number of methoxy groups -OCH3 is 2. The van der Waals surface area contributed by atoms with E-state index < -0.39 is 21.6 Å². The standard InChI is InChI=1S/C33H43N3O6S/c1-33(2,3)34-32(38)30(22-25-13-8-7-9-14-25)35(24-26-15-10-17-28(21-26)41-4)31(37)19-12-20-36(43(6,39)40)27-16-11-18-29(23-27)42-5/h7-11,13-18,21,23,30H,12,19-20,22,24H2,1-6H3,(H,34,38)/t30-/m1/s1. The predicted molar refractivity (Wildman–Crippen MR) is 170 cm³/mol. The predicted octanol–water partition coefficient (Wildman–Crippen LogP) is 4.80. The van der Waals surface area contributed by atoms with E-state index in [1.807, 2.05) is 75.4 Å². The number of carbonyl (C=O) groups excluding carboxylic acids is 2. The lowest BCUT2D eigenvalue weighted by Crippen LogP contribution is -2.54. The average Bonchev–Trinajstić information content (AvgIpc) is 2.96. The lowest BCUT2D eigenvalue weighted by Gasteiger charge is -2.34. The Morgan fingerprint density at radius 2 is 1.47 bits per heavy atom. The summed E-state index contributed by atoms with van der Waals surface area (Å²) in [6.07, 6.45) is 1.73. The van der Waals surface area contributed by atoms with Crippen molar-refractivity contribution in [3.8, 4) is 11.5 Å². The van der Waals surface area contributed by atoms with Gasteiger partial charge in [-0.25, -0.2) is 8.42 Å². The van der Waals surface area contributed by atoms with Gasteiger partial charge in [-0.15, -0.1) is 0 Å². The Morgan fingerprint density at radius 3 is 2.07 bits per heavy atom. The number of sulfonamides is 1. The smallest absolute Gasteiger partial charge is 0.243 e. The van der Waals surface area contributed by atoms with Crippen LogP contribution in [0.2, 0.25) is 0 Å². The van der Waals surface area contributed by atoms with E-state index in [0.29, 0.717) is 23.6 Å². The summed E-state index contributed by atoms with van der Waals surface area (Å²) < 4.78 is 37.3. The molecule has 43 heavy (non-hydrogen) atoms. The van der Waals surface area contributed by atoms with Gasteiger partial charge in [-0.2, -0.15) is 0 Å². The molecule has 0 saturated carbocycles. The van der Waals surface area contributed by atoms with E-state index in [-0.39, 0.29) is 37.7 Å². The third kappa shape index (κ3) is 10.3. The molecule has 0 aliphatic carbocycles. The fraction of sp³-hybridized carbons (Fsp3) is 0.394. The topological polar surface area (TPSA) is 105 Å². The number of hydrogen-bond donors (Lipinski definition) is 1. The molecule has 0 fully saturated rings. The summed E-state index contributed by atoms with van der Waals surface area (Å²) in [7, 11) is -0.542. The molecule has 0 heterocycles. The highest BCUT2D eigenvalue weighted by molar-refractivity contribution is 7.92. The Hall–Kier alpha value is -4.05. The Balaban J connectivity index is 1.92. The highest BCUT2D eigenvalue weighted by Gasteiger charge is 2.32. The first kappa shape index (κ1) is 33.5. The molecule has 2 amide bonds. The lowest BCUT2D eigenvalue weighted by atomic mass is 10.00. The highest BCUT2D eigenvalue weighted by Crippen LogP contribution is 2.24. The van der Waals surface area contributed by atoms with Gasteiger partial charge < -0.3 is 19.7 Å². The van der Waals surface area contributed by atoms with Crippen LogP contribution in [0.25, 0.3) is 0 Å². The zero-order chi connectivity index (χ0) is 31.6. The zero-order valence-electron chi connectivity index (χ0n) is 25.9. The molecule has 9 nitrogen and oxygen atoms in total. The maximum absolute atomic E-state index is 14.0. The van der Waals surface area contributed by atoms with Gasteiger partial charge in [-0.1, -0.05) is 48.5 Å². The summed E-state index contributed by atoms with van der Waals surface area (Å²) in [5, 5.41) is 3.05. The van der Waals surface area contributed by atoms with E-state index in [1.165, 1.54) is 11.4 Å². The molecule has 3 rings (SSSR count). The van der Waals surface area contributed by atoms with Crippen LogP contribution in [0.1, 0.15) is 44.7 Å². The van der Waals surface area contributed by atoms with Gasteiger partial charge in [-0.3, -0.25) is 13.9 Å². The van der Waals surface area contributed by atoms with Crippen LogP contribution in [-0.4, -0.2) is 63.7 Å². The summed E-state index contributed by atoms with van der Waals surface area (Å²) in [6.45, 7) is 5.96. The molecule has 0 spiro atoms. The normalized spacial score (nSPS) is 12.2. The molecular weight excluding hydrogens is 566 g/mol. The lowest BCUT2D eigenvalue weighted by molar-refractivity contribution is -0.142. The SMILES string of the molecule is COc1cccc(CN(C(=O)CCCN(c2cccc(OC)c2)S(C)(=O)=O)[C@H](Cc2ccccc2)C(=O)NC(C)(C)C)c1. The molecule has 0 aliphatic rings. The van der Waals surface area contributed by atoms with E-state index in [4.69, 9.17) is 9.47 Å². The van der Waals surface area contributed by atoms with Crippen molar-refractivity contribution in [3.05, 3.63) is 90.0 Å². The fourth-order valence-electron chi connectivity index (χ4n) is 4.74. The number of benzene rings is 3. The van der Waals surface area contributed by atoms with Crippen LogP contribution < -0.4 is 19.1 Å². The maximum Gasteiger partial charge on any atom is 0.243 e. The average molecular weight is 610 g/mol. The molecule has 3 aromatic carbocycles. The molecule has 0 bridgehead atoms. The summed E-state index contributed by atoms with van der Waals surface area (Å²) in [6, 6.07) is 23.0. The molecule has 1 atom stereocenters. The third-order valence-electron chi connectivity index (χ3n) is 6.75. The molecule has 0 aromatic heterocycles. The van der Waals surface area contributed by atoms with Crippen LogP contribution in [0.15, 0.2) is 78.9 Å². The van der Waals surface area contributed by atoms with Crippen LogP contribution in [-0.2, 0) is 32.6 Å². The van der Waals surface area contributed by atoms with Crippen LogP contribution in [0.5, 0.6) is 11.5 Å². The molecule has 10 heteroatoms. The monoisotopic (exact) mass is 609 g/mol. The summed E-state index contributed by atoms with van der Waals surface area (Å²) in [4.78, 5) is 29.3. The van der Waals surface area contributed by atoms with Crippen molar-refractivity contribution in [2.45, 2.75) is 58.2 Å². The number of nitrogens with one attached hydrogen (secondary N) is 1. The van der Waals surface area contributed by atoms with E-state index in [0.717, 1.165) is 17.4 Å². The summed E-state index contributed by atoms with van der Waals surface area (Å²) in [5.74, 6) is 0.652. The largest absolute Gasteiger partial charge is 0.497 e. The van der Waals surface area contributed by atoms with Crippen molar-refractivity contribution in [3.63, 3.8) is 0 Å². The van der Waals surface area contributed by atoms with E-state index in [1.54, 1.807) is 36.3 Å². The Labute approximate surface area is 255 Å². The van der Waals surface area contributed by atoms with E-state index in [2.05, 4.69) is 5.32 Å². The van der Waals surface area contributed by atoms with Crippen LogP contribution in [0, 0.1) is 0 Å². The quantitative estimate of drug-likeness (QED) is 0.282. The van der Waals surface area contributed by atoms with Crippen molar-refractivity contribution in [1.29, 1.82) is 0 Å². The number of amides is 2. The van der Waals surface area contributed by atoms with Crippen LogP contribution >= 0.6 is 0 Å². The zero-order valence-corrected chi connectivity index (χ0v) is 26.7. The van der Waals surface area contributed by atoms with Gasteiger partial charge in [0.2, 0.25) is 21.8 Å². The first-order valence-corrected chi connectivity index (χ1v) is 16.1. The highest BCUT2D eigenvalue weighted by atomic mass is 32.2. The van der Waals surface area contributed by atoms with Crippen molar-refractivity contribution >= 4 is 27.5 Å². The van der Waals surface area contributed by atoms with Gasteiger partial charge in [0.15, 0.2) is 0 Å². The second kappa shape index (κ2) is 14.9. The van der Waals surface area contributed by atoms with Gasteiger partial charge in [0, 0.05) is 37.5 Å². The number of anilines is 1.